The smallest absolute Gasteiger partial charge is 0.129 e. The molecule has 0 saturated heterocycles. The van der Waals surface area contributed by atoms with Crippen LogP contribution in [0.3, 0.4) is 0 Å². The molecule has 2 rings (SSSR count). The van der Waals surface area contributed by atoms with Crippen molar-refractivity contribution in [3.63, 3.8) is 0 Å². The van der Waals surface area contributed by atoms with E-state index in [1.54, 1.807) is 11.3 Å². The van der Waals surface area contributed by atoms with Gasteiger partial charge in [0.15, 0.2) is 0 Å². The van der Waals surface area contributed by atoms with Crippen LogP contribution in [0, 0.1) is 11.6 Å². The van der Waals surface area contributed by atoms with Crippen molar-refractivity contribution in [2.24, 2.45) is 5.84 Å². The van der Waals surface area contributed by atoms with E-state index < -0.39 is 11.6 Å². The summed E-state index contributed by atoms with van der Waals surface area (Å²) in [6, 6.07) is 7.50. The van der Waals surface area contributed by atoms with E-state index in [0.29, 0.717) is 12.0 Å². The highest BCUT2D eigenvalue weighted by atomic mass is 32.1. The Kier molecular flexibility index (Phi) is 4.63. The summed E-state index contributed by atoms with van der Waals surface area (Å²) in [6.07, 6.45) is 1.36. The summed E-state index contributed by atoms with van der Waals surface area (Å²) in [5.74, 6) is 4.44. The lowest BCUT2D eigenvalue weighted by Crippen LogP contribution is -2.29. The predicted octanol–water partition coefficient (Wildman–Crippen LogP) is 3.34. The van der Waals surface area contributed by atoms with Gasteiger partial charge in [-0.2, -0.15) is 0 Å². The van der Waals surface area contributed by atoms with Crippen LogP contribution >= 0.6 is 11.3 Å². The van der Waals surface area contributed by atoms with Gasteiger partial charge in [0, 0.05) is 15.8 Å². The third kappa shape index (κ3) is 3.37. The van der Waals surface area contributed by atoms with E-state index in [4.69, 9.17) is 5.84 Å². The summed E-state index contributed by atoms with van der Waals surface area (Å²) in [5, 5.41) is 0. The van der Waals surface area contributed by atoms with Crippen molar-refractivity contribution >= 4 is 11.3 Å². The van der Waals surface area contributed by atoms with E-state index in [2.05, 4.69) is 12.3 Å². The van der Waals surface area contributed by atoms with E-state index in [1.807, 2.05) is 12.1 Å². The molecule has 1 heterocycles. The van der Waals surface area contributed by atoms with Crippen LogP contribution in [0.2, 0.25) is 0 Å². The first-order chi connectivity index (χ1) is 9.13. The van der Waals surface area contributed by atoms with Crippen LogP contribution < -0.4 is 11.3 Å². The summed E-state index contributed by atoms with van der Waals surface area (Å²) < 4.78 is 26.5. The summed E-state index contributed by atoms with van der Waals surface area (Å²) in [7, 11) is 0. The summed E-state index contributed by atoms with van der Waals surface area (Å²) >= 11 is 1.65. The Labute approximate surface area is 115 Å². The van der Waals surface area contributed by atoms with Gasteiger partial charge in [-0.15, -0.1) is 11.3 Å². The molecule has 0 amide bonds. The minimum atomic E-state index is -0.567. The summed E-state index contributed by atoms with van der Waals surface area (Å²) in [4.78, 5) is 2.32. The molecule has 1 aromatic carbocycles. The predicted molar refractivity (Wildman–Crippen MR) is 73.8 cm³/mol. The van der Waals surface area contributed by atoms with Crippen LogP contribution in [-0.4, -0.2) is 0 Å². The molecule has 19 heavy (non-hydrogen) atoms. The van der Waals surface area contributed by atoms with Crippen molar-refractivity contribution in [3.8, 4) is 0 Å². The molecule has 0 fully saturated rings. The van der Waals surface area contributed by atoms with Crippen LogP contribution in [0.1, 0.15) is 28.3 Å². The molecule has 0 spiro atoms. The Balaban J connectivity index is 2.18. The molecule has 2 aromatic rings. The Morgan fingerprint density at radius 1 is 1.26 bits per heavy atom. The second kappa shape index (κ2) is 6.23. The number of rotatable bonds is 5. The molecule has 0 radical (unpaired) electrons. The topological polar surface area (TPSA) is 38.0 Å². The molecule has 2 nitrogen and oxygen atoms in total. The summed E-state index contributed by atoms with van der Waals surface area (Å²) in [5.41, 5.74) is 3.15. The highest BCUT2D eigenvalue weighted by molar-refractivity contribution is 7.12. The average molecular weight is 282 g/mol. The van der Waals surface area contributed by atoms with Gasteiger partial charge in [0.2, 0.25) is 0 Å². The van der Waals surface area contributed by atoms with E-state index >= 15 is 0 Å². The quantitative estimate of drug-likeness (QED) is 0.652. The maximum Gasteiger partial charge on any atom is 0.129 e. The molecular formula is C14H16F2N2S. The van der Waals surface area contributed by atoms with E-state index in [-0.39, 0.29) is 6.04 Å². The van der Waals surface area contributed by atoms with E-state index in [1.165, 1.54) is 17.0 Å². The van der Waals surface area contributed by atoms with Gasteiger partial charge < -0.3 is 0 Å². The van der Waals surface area contributed by atoms with Crippen molar-refractivity contribution in [1.29, 1.82) is 0 Å². The highest BCUT2D eigenvalue weighted by Crippen LogP contribution is 2.26. The van der Waals surface area contributed by atoms with Crippen LogP contribution in [0.15, 0.2) is 30.3 Å². The highest BCUT2D eigenvalue weighted by Gasteiger charge is 2.15. The maximum atomic E-state index is 13.6. The van der Waals surface area contributed by atoms with Gasteiger partial charge in [0.25, 0.3) is 0 Å². The standard InChI is InChI=1S/C14H16F2N2S/c1-2-11-5-6-14(19-11)13(18-17)7-9-3-4-10(15)8-12(9)16/h3-6,8,13,18H,2,7,17H2,1H3. The fraction of sp³-hybridized carbons (Fsp3) is 0.286. The van der Waals surface area contributed by atoms with Gasteiger partial charge in [0.05, 0.1) is 6.04 Å². The van der Waals surface area contributed by atoms with Crippen molar-refractivity contribution in [1.82, 2.24) is 5.43 Å². The third-order valence-corrected chi connectivity index (χ3v) is 4.36. The Morgan fingerprint density at radius 2 is 2.05 bits per heavy atom. The molecule has 0 aliphatic rings. The zero-order chi connectivity index (χ0) is 13.8. The van der Waals surface area contributed by atoms with Gasteiger partial charge in [0.1, 0.15) is 11.6 Å². The molecule has 0 aliphatic carbocycles. The van der Waals surface area contributed by atoms with Gasteiger partial charge in [-0.05, 0) is 36.6 Å². The zero-order valence-corrected chi connectivity index (χ0v) is 11.4. The number of benzene rings is 1. The lowest BCUT2D eigenvalue weighted by atomic mass is 10.0. The number of nitrogens with one attached hydrogen (secondary N) is 1. The minimum Gasteiger partial charge on any atom is -0.271 e. The molecule has 102 valence electrons. The number of hydrogen-bond acceptors (Lipinski definition) is 3. The van der Waals surface area contributed by atoms with Gasteiger partial charge in [-0.3, -0.25) is 11.3 Å². The van der Waals surface area contributed by atoms with Gasteiger partial charge in [-0.25, -0.2) is 8.78 Å². The van der Waals surface area contributed by atoms with Crippen molar-refractivity contribution in [2.45, 2.75) is 25.8 Å². The molecule has 0 bridgehead atoms. The van der Waals surface area contributed by atoms with E-state index in [0.717, 1.165) is 17.4 Å². The number of thiophene rings is 1. The fourth-order valence-corrected chi connectivity index (χ4v) is 2.93. The lowest BCUT2D eigenvalue weighted by molar-refractivity contribution is 0.527. The normalized spacial score (nSPS) is 12.6. The number of hydrogen-bond donors (Lipinski definition) is 2. The maximum absolute atomic E-state index is 13.6. The molecule has 5 heteroatoms. The molecule has 1 unspecified atom stereocenters. The Morgan fingerprint density at radius 3 is 2.63 bits per heavy atom. The third-order valence-electron chi connectivity index (χ3n) is 3.01. The van der Waals surface area contributed by atoms with Crippen LogP contribution in [-0.2, 0) is 12.8 Å². The minimum absolute atomic E-state index is 0.162. The second-order valence-electron chi connectivity index (χ2n) is 4.32. The van der Waals surface area contributed by atoms with Crippen molar-refractivity contribution in [3.05, 3.63) is 57.3 Å². The van der Waals surface area contributed by atoms with Crippen LogP contribution in [0.25, 0.3) is 0 Å². The Bertz CT molecular complexity index is 554. The van der Waals surface area contributed by atoms with Crippen LogP contribution in [0.4, 0.5) is 8.78 Å². The lowest BCUT2D eigenvalue weighted by Gasteiger charge is -2.14. The van der Waals surface area contributed by atoms with E-state index in [9.17, 15) is 8.78 Å². The molecule has 1 aromatic heterocycles. The molecule has 0 aliphatic heterocycles. The molecule has 1 atom stereocenters. The number of aryl methyl sites for hydroxylation is 1. The summed E-state index contributed by atoms with van der Waals surface area (Å²) in [6.45, 7) is 2.08. The molecule has 0 saturated carbocycles. The largest absolute Gasteiger partial charge is 0.271 e. The number of halogens is 2. The SMILES string of the molecule is CCc1ccc(C(Cc2ccc(F)cc2F)NN)s1. The monoisotopic (exact) mass is 282 g/mol. The average Bonchev–Trinajstić information content (AvgIpc) is 2.86. The Hall–Kier alpha value is -1.30. The number of nitrogens with two attached hydrogens (primary N) is 1. The fourth-order valence-electron chi connectivity index (χ4n) is 1.92. The first-order valence-corrected chi connectivity index (χ1v) is 6.94. The number of hydrazine groups is 1. The van der Waals surface area contributed by atoms with Gasteiger partial charge in [-0.1, -0.05) is 13.0 Å². The van der Waals surface area contributed by atoms with Crippen LogP contribution in [0.5, 0.6) is 0 Å². The first-order valence-electron chi connectivity index (χ1n) is 6.12. The first kappa shape index (κ1) is 14.1. The van der Waals surface area contributed by atoms with Crippen molar-refractivity contribution in [2.75, 3.05) is 0 Å². The molecule has 3 N–H and O–H groups in total. The second-order valence-corrected chi connectivity index (χ2v) is 5.52. The zero-order valence-electron chi connectivity index (χ0n) is 10.6. The van der Waals surface area contributed by atoms with Crippen molar-refractivity contribution < 1.29 is 8.78 Å². The van der Waals surface area contributed by atoms with Gasteiger partial charge >= 0.3 is 0 Å². The molecular weight excluding hydrogens is 266 g/mol.